The second-order valence-electron chi connectivity index (χ2n) is 5.42. The van der Waals surface area contributed by atoms with Gasteiger partial charge in [0, 0.05) is 19.4 Å². The van der Waals surface area contributed by atoms with Crippen LogP contribution < -0.4 is 5.32 Å². The number of amides is 2. The number of hydrogen-bond acceptors (Lipinski definition) is 3. The normalized spacial score (nSPS) is 21.1. The molecule has 0 saturated carbocycles. The van der Waals surface area contributed by atoms with Gasteiger partial charge in [0.1, 0.15) is 5.54 Å². The standard InChI is InChI=1S/C15H22N2O4/c1-3-11-17-12(18)8-9-15(17,2)14(21)16-10-6-4-5-7-13(19)20/h1H,4-11H2,2H3,(H,16,21)(H,19,20). The summed E-state index contributed by atoms with van der Waals surface area (Å²) in [4.78, 5) is 35.8. The van der Waals surface area contributed by atoms with Crippen LogP contribution in [0.1, 0.15) is 45.4 Å². The molecule has 0 aromatic heterocycles. The van der Waals surface area contributed by atoms with Crippen LogP contribution in [0.3, 0.4) is 0 Å². The first kappa shape index (κ1) is 17.0. The van der Waals surface area contributed by atoms with Crippen molar-refractivity contribution in [3.8, 4) is 12.3 Å². The first-order valence-electron chi connectivity index (χ1n) is 7.16. The number of terminal acetylenes is 1. The largest absolute Gasteiger partial charge is 0.481 e. The minimum atomic E-state index is -0.871. The fraction of sp³-hybridized carbons (Fsp3) is 0.667. The van der Waals surface area contributed by atoms with Crippen LogP contribution in [-0.2, 0) is 14.4 Å². The molecule has 0 spiro atoms. The zero-order valence-corrected chi connectivity index (χ0v) is 12.4. The number of carbonyl (C=O) groups excluding carboxylic acids is 2. The van der Waals surface area contributed by atoms with Crippen molar-refractivity contribution in [1.82, 2.24) is 10.2 Å². The van der Waals surface area contributed by atoms with Crippen LogP contribution in [0.25, 0.3) is 0 Å². The lowest BCUT2D eigenvalue weighted by Gasteiger charge is -2.32. The summed E-state index contributed by atoms with van der Waals surface area (Å²) in [6, 6.07) is 0. The minimum absolute atomic E-state index is 0.0907. The molecule has 1 saturated heterocycles. The Morgan fingerprint density at radius 2 is 2.14 bits per heavy atom. The Morgan fingerprint density at radius 3 is 2.76 bits per heavy atom. The van der Waals surface area contributed by atoms with Crippen LogP contribution in [0, 0.1) is 12.3 Å². The number of hydrogen-bond donors (Lipinski definition) is 2. The van der Waals surface area contributed by atoms with Crippen molar-refractivity contribution < 1.29 is 19.5 Å². The van der Waals surface area contributed by atoms with Crippen LogP contribution >= 0.6 is 0 Å². The number of carboxylic acids is 1. The van der Waals surface area contributed by atoms with E-state index in [0.29, 0.717) is 25.8 Å². The Morgan fingerprint density at radius 1 is 1.43 bits per heavy atom. The molecule has 1 rings (SSSR count). The van der Waals surface area contributed by atoms with E-state index in [2.05, 4.69) is 11.2 Å². The molecular weight excluding hydrogens is 272 g/mol. The maximum atomic E-state index is 12.3. The van der Waals surface area contributed by atoms with Crippen molar-refractivity contribution in [2.24, 2.45) is 0 Å². The monoisotopic (exact) mass is 294 g/mol. The van der Waals surface area contributed by atoms with Gasteiger partial charge < -0.3 is 15.3 Å². The molecule has 1 aliphatic rings. The van der Waals surface area contributed by atoms with E-state index in [-0.39, 0.29) is 24.8 Å². The second kappa shape index (κ2) is 7.67. The molecule has 0 aromatic rings. The maximum absolute atomic E-state index is 12.3. The second-order valence-corrected chi connectivity index (χ2v) is 5.42. The Bertz CT molecular complexity index is 455. The number of aliphatic carboxylic acids is 1. The van der Waals surface area contributed by atoms with E-state index >= 15 is 0 Å². The van der Waals surface area contributed by atoms with Gasteiger partial charge in [-0.05, 0) is 26.2 Å². The summed E-state index contributed by atoms with van der Waals surface area (Å²) in [6.45, 7) is 2.35. The molecule has 1 atom stereocenters. The third-order valence-corrected chi connectivity index (χ3v) is 3.81. The molecule has 0 aliphatic carbocycles. The van der Waals surface area contributed by atoms with Crippen LogP contribution in [0.15, 0.2) is 0 Å². The van der Waals surface area contributed by atoms with Gasteiger partial charge in [-0.25, -0.2) is 0 Å². The van der Waals surface area contributed by atoms with Gasteiger partial charge in [0.25, 0.3) is 0 Å². The van der Waals surface area contributed by atoms with Crippen molar-refractivity contribution in [3.05, 3.63) is 0 Å². The Kier molecular flexibility index (Phi) is 6.22. The lowest BCUT2D eigenvalue weighted by molar-refractivity contribution is -0.139. The summed E-state index contributed by atoms with van der Waals surface area (Å²) in [5.41, 5.74) is -0.871. The number of unbranched alkanes of at least 4 members (excludes halogenated alkanes) is 2. The molecule has 1 unspecified atom stereocenters. The molecule has 21 heavy (non-hydrogen) atoms. The maximum Gasteiger partial charge on any atom is 0.303 e. The van der Waals surface area contributed by atoms with E-state index < -0.39 is 11.5 Å². The number of likely N-dealkylation sites (tertiary alicyclic amines) is 1. The average Bonchev–Trinajstić information content (AvgIpc) is 2.72. The topological polar surface area (TPSA) is 86.7 Å². The number of rotatable bonds is 8. The van der Waals surface area contributed by atoms with Crippen molar-refractivity contribution in [3.63, 3.8) is 0 Å². The van der Waals surface area contributed by atoms with Gasteiger partial charge in [-0.15, -0.1) is 6.42 Å². The van der Waals surface area contributed by atoms with Crippen LogP contribution in [0.4, 0.5) is 0 Å². The molecule has 116 valence electrons. The van der Waals surface area contributed by atoms with E-state index in [9.17, 15) is 14.4 Å². The van der Waals surface area contributed by atoms with Crippen LogP contribution in [-0.4, -0.2) is 46.4 Å². The van der Waals surface area contributed by atoms with Crippen molar-refractivity contribution in [2.45, 2.75) is 51.0 Å². The molecule has 6 nitrogen and oxygen atoms in total. The van der Waals surface area contributed by atoms with E-state index in [1.165, 1.54) is 4.90 Å². The summed E-state index contributed by atoms with van der Waals surface area (Å²) in [6.07, 6.45) is 8.27. The molecule has 2 amide bonds. The van der Waals surface area contributed by atoms with E-state index in [4.69, 9.17) is 11.5 Å². The lowest BCUT2D eigenvalue weighted by atomic mass is 9.97. The summed E-state index contributed by atoms with van der Waals surface area (Å²) >= 11 is 0. The van der Waals surface area contributed by atoms with Crippen molar-refractivity contribution >= 4 is 17.8 Å². The molecule has 1 aliphatic heterocycles. The summed E-state index contributed by atoms with van der Waals surface area (Å²) in [7, 11) is 0. The first-order chi connectivity index (χ1) is 9.91. The Hall–Kier alpha value is -2.03. The fourth-order valence-electron chi connectivity index (χ4n) is 2.46. The summed E-state index contributed by atoms with van der Waals surface area (Å²) < 4.78 is 0. The fourth-order valence-corrected chi connectivity index (χ4v) is 2.46. The Labute approximate surface area is 124 Å². The number of carbonyl (C=O) groups is 3. The third-order valence-electron chi connectivity index (χ3n) is 3.81. The van der Waals surface area contributed by atoms with Crippen LogP contribution in [0.2, 0.25) is 0 Å². The smallest absolute Gasteiger partial charge is 0.303 e. The van der Waals surface area contributed by atoms with Crippen molar-refractivity contribution in [1.29, 1.82) is 0 Å². The van der Waals surface area contributed by atoms with Gasteiger partial charge in [0.15, 0.2) is 0 Å². The number of nitrogens with zero attached hydrogens (tertiary/aromatic N) is 1. The van der Waals surface area contributed by atoms with Gasteiger partial charge >= 0.3 is 5.97 Å². The van der Waals surface area contributed by atoms with Gasteiger partial charge in [0.05, 0.1) is 6.54 Å². The first-order valence-corrected chi connectivity index (χ1v) is 7.16. The third kappa shape index (κ3) is 4.48. The highest BCUT2D eigenvalue weighted by atomic mass is 16.4. The van der Waals surface area contributed by atoms with E-state index in [1.54, 1.807) is 6.92 Å². The molecule has 1 fully saturated rings. The molecule has 0 aromatic carbocycles. The van der Waals surface area contributed by atoms with Crippen LogP contribution in [0.5, 0.6) is 0 Å². The molecule has 0 bridgehead atoms. The highest BCUT2D eigenvalue weighted by Gasteiger charge is 2.46. The predicted molar refractivity (Wildman–Crippen MR) is 77.3 cm³/mol. The highest BCUT2D eigenvalue weighted by Crippen LogP contribution is 2.29. The van der Waals surface area contributed by atoms with Gasteiger partial charge in [-0.1, -0.05) is 12.3 Å². The van der Waals surface area contributed by atoms with Gasteiger partial charge in [0.2, 0.25) is 11.8 Å². The zero-order chi connectivity index (χ0) is 15.9. The zero-order valence-electron chi connectivity index (χ0n) is 12.4. The lowest BCUT2D eigenvalue weighted by Crippen LogP contribution is -2.54. The minimum Gasteiger partial charge on any atom is -0.481 e. The summed E-state index contributed by atoms with van der Waals surface area (Å²) in [5.74, 6) is 1.33. The van der Waals surface area contributed by atoms with Gasteiger partial charge in [-0.2, -0.15) is 0 Å². The van der Waals surface area contributed by atoms with E-state index in [1.807, 2.05) is 0 Å². The SMILES string of the molecule is C#CCN1C(=O)CCC1(C)C(=O)NCCCCCC(=O)O. The van der Waals surface area contributed by atoms with Gasteiger partial charge in [-0.3, -0.25) is 14.4 Å². The van der Waals surface area contributed by atoms with Crippen molar-refractivity contribution in [2.75, 3.05) is 13.1 Å². The molecule has 1 heterocycles. The quantitative estimate of drug-likeness (QED) is 0.511. The molecule has 6 heteroatoms. The number of nitrogens with one attached hydrogen (secondary N) is 1. The number of carboxylic acid groups (broad SMARTS) is 1. The highest BCUT2D eigenvalue weighted by molar-refractivity contribution is 5.94. The molecular formula is C15H22N2O4. The van der Waals surface area contributed by atoms with E-state index in [0.717, 1.165) is 12.8 Å². The molecule has 2 N–H and O–H groups in total. The average molecular weight is 294 g/mol. The molecule has 0 radical (unpaired) electrons. The Balaban J connectivity index is 2.38. The summed E-state index contributed by atoms with van der Waals surface area (Å²) in [5, 5.41) is 11.3. The predicted octanol–water partition coefficient (Wildman–Crippen LogP) is 0.762.